The van der Waals surface area contributed by atoms with Gasteiger partial charge in [-0.15, -0.1) is 0 Å². The number of H-pyrrole nitrogens is 1. The van der Waals surface area contributed by atoms with Gasteiger partial charge in [-0.1, -0.05) is 0 Å². The molecule has 1 aromatic heterocycles. The molecule has 2 fully saturated rings. The molecule has 1 saturated carbocycles. The zero-order valence-corrected chi connectivity index (χ0v) is 13.6. The van der Waals surface area contributed by atoms with Gasteiger partial charge in [0.15, 0.2) is 5.69 Å². The van der Waals surface area contributed by atoms with Crippen molar-refractivity contribution in [2.24, 2.45) is 0 Å². The van der Waals surface area contributed by atoms with Gasteiger partial charge in [-0.3, -0.25) is 14.7 Å². The second-order valence-corrected chi connectivity index (χ2v) is 6.62. The summed E-state index contributed by atoms with van der Waals surface area (Å²) in [5.41, 5.74) is 1.47. The summed E-state index contributed by atoms with van der Waals surface area (Å²) in [6.07, 6.45) is 3.91. The Kier molecular flexibility index (Phi) is 4.01. The van der Waals surface area contributed by atoms with E-state index in [0.29, 0.717) is 24.7 Å². The fourth-order valence-electron chi connectivity index (χ4n) is 2.73. The molecule has 6 nitrogen and oxygen atoms in total. The van der Waals surface area contributed by atoms with E-state index in [1.54, 1.807) is 6.92 Å². The number of halogens is 1. The molecule has 2 amide bonds. The third kappa shape index (κ3) is 3.12. The van der Waals surface area contributed by atoms with Crippen molar-refractivity contribution in [3.05, 3.63) is 15.9 Å². The maximum absolute atomic E-state index is 12.3. The quantitative estimate of drug-likeness (QED) is 0.868. The van der Waals surface area contributed by atoms with E-state index in [9.17, 15) is 9.59 Å². The van der Waals surface area contributed by atoms with Crippen LogP contribution in [0.2, 0.25) is 0 Å². The fourth-order valence-corrected chi connectivity index (χ4v) is 3.41. The van der Waals surface area contributed by atoms with Gasteiger partial charge >= 0.3 is 0 Å². The Balaban J connectivity index is 1.58. The van der Waals surface area contributed by atoms with Gasteiger partial charge in [0.2, 0.25) is 5.91 Å². The van der Waals surface area contributed by atoms with E-state index in [1.165, 1.54) is 0 Å². The van der Waals surface area contributed by atoms with E-state index in [-0.39, 0.29) is 17.9 Å². The number of carbonyl (C=O) groups is 2. The molecule has 2 N–H and O–H groups in total. The van der Waals surface area contributed by atoms with Gasteiger partial charge in [0.05, 0.1) is 10.2 Å². The molecular formula is C14H19BrN4O2. The van der Waals surface area contributed by atoms with E-state index in [4.69, 9.17) is 0 Å². The van der Waals surface area contributed by atoms with E-state index < -0.39 is 0 Å². The van der Waals surface area contributed by atoms with Gasteiger partial charge in [-0.2, -0.15) is 5.10 Å². The predicted octanol–water partition coefficient (Wildman–Crippen LogP) is 1.79. The molecule has 1 aliphatic heterocycles. The zero-order chi connectivity index (χ0) is 15.0. The van der Waals surface area contributed by atoms with Crippen LogP contribution in [0.3, 0.4) is 0 Å². The number of piperidine rings is 1. The third-order valence-corrected chi connectivity index (χ3v) is 5.01. The third-order valence-electron chi connectivity index (χ3n) is 4.21. The molecular weight excluding hydrogens is 336 g/mol. The molecule has 7 heteroatoms. The molecule has 0 radical (unpaired) electrons. The largest absolute Gasteiger partial charge is 0.348 e. The average molecular weight is 355 g/mol. The van der Waals surface area contributed by atoms with Crippen molar-refractivity contribution in [2.45, 2.75) is 44.6 Å². The summed E-state index contributed by atoms with van der Waals surface area (Å²) in [6.45, 7) is 2.99. The summed E-state index contributed by atoms with van der Waals surface area (Å²) < 4.78 is 0.795. The fraction of sp³-hybridized carbons (Fsp3) is 0.643. The number of amides is 2. The molecule has 0 aromatic carbocycles. The highest BCUT2D eigenvalue weighted by molar-refractivity contribution is 9.10. The van der Waals surface area contributed by atoms with Crippen LogP contribution in [0.4, 0.5) is 0 Å². The van der Waals surface area contributed by atoms with Gasteiger partial charge in [-0.25, -0.2) is 0 Å². The minimum atomic E-state index is -0.147. The van der Waals surface area contributed by atoms with E-state index >= 15 is 0 Å². The van der Waals surface area contributed by atoms with Crippen LogP contribution in [0, 0.1) is 0 Å². The molecule has 1 aliphatic carbocycles. The first-order valence-electron chi connectivity index (χ1n) is 7.36. The first kappa shape index (κ1) is 14.6. The molecule has 0 spiro atoms. The summed E-state index contributed by atoms with van der Waals surface area (Å²) in [5, 5.41) is 10.1. The van der Waals surface area contributed by atoms with Gasteiger partial charge in [0.1, 0.15) is 0 Å². The molecule has 2 aliphatic rings. The molecule has 1 aromatic rings. The lowest BCUT2D eigenvalue weighted by molar-refractivity contribution is -0.129. The minimum Gasteiger partial charge on any atom is -0.348 e. The highest BCUT2D eigenvalue weighted by Gasteiger charge is 2.31. The summed E-state index contributed by atoms with van der Waals surface area (Å²) in [5.74, 6) is 0.474. The van der Waals surface area contributed by atoms with Crippen LogP contribution in [-0.2, 0) is 4.79 Å². The molecule has 0 bridgehead atoms. The predicted molar refractivity (Wildman–Crippen MR) is 81.0 cm³/mol. The van der Waals surface area contributed by atoms with Crippen LogP contribution in [0.1, 0.15) is 54.7 Å². The zero-order valence-electron chi connectivity index (χ0n) is 12.0. The normalized spacial score (nSPS) is 19.6. The number of aromatic amines is 1. The Hall–Kier alpha value is -1.37. The second-order valence-electron chi connectivity index (χ2n) is 5.83. The second kappa shape index (κ2) is 5.79. The Labute approximate surface area is 131 Å². The Morgan fingerprint density at radius 3 is 2.52 bits per heavy atom. The summed E-state index contributed by atoms with van der Waals surface area (Å²) in [6, 6.07) is 0.112. The molecule has 114 valence electrons. The van der Waals surface area contributed by atoms with Crippen LogP contribution in [0.15, 0.2) is 4.47 Å². The van der Waals surface area contributed by atoms with Crippen LogP contribution < -0.4 is 5.32 Å². The minimum absolute atomic E-state index is 0.101. The lowest BCUT2D eigenvalue weighted by Gasteiger charge is -2.31. The van der Waals surface area contributed by atoms with Crippen molar-refractivity contribution >= 4 is 27.7 Å². The highest BCUT2D eigenvalue weighted by atomic mass is 79.9. The van der Waals surface area contributed by atoms with Gasteiger partial charge in [0, 0.05) is 32.0 Å². The van der Waals surface area contributed by atoms with Crippen LogP contribution in [-0.4, -0.2) is 46.0 Å². The standard InChI is InChI=1S/C14H19BrN4O2/c1-8(20)19-6-4-10(5-7-19)16-14(21)13-11(15)12(17-18-13)9-2-3-9/h9-10H,2-7H2,1H3,(H,16,21)(H,17,18). The summed E-state index contributed by atoms with van der Waals surface area (Å²) in [7, 11) is 0. The van der Waals surface area contributed by atoms with Crippen molar-refractivity contribution in [3.63, 3.8) is 0 Å². The van der Waals surface area contributed by atoms with Gasteiger partial charge in [-0.05, 0) is 41.6 Å². The smallest absolute Gasteiger partial charge is 0.273 e. The van der Waals surface area contributed by atoms with Crippen molar-refractivity contribution in [1.29, 1.82) is 0 Å². The Bertz CT molecular complexity index is 559. The number of likely N-dealkylation sites (tertiary alicyclic amines) is 1. The molecule has 0 unspecified atom stereocenters. The number of nitrogens with one attached hydrogen (secondary N) is 2. The number of hydrogen-bond donors (Lipinski definition) is 2. The maximum Gasteiger partial charge on any atom is 0.273 e. The number of rotatable bonds is 3. The molecule has 0 atom stereocenters. The maximum atomic E-state index is 12.3. The average Bonchev–Trinajstić information content (AvgIpc) is 3.22. The monoisotopic (exact) mass is 354 g/mol. The first-order valence-corrected chi connectivity index (χ1v) is 8.15. The van der Waals surface area contributed by atoms with Crippen molar-refractivity contribution in [3.8, 4) is 0 Å². The number of aromatic nitrogens is 2. The molecule has 1 saturated heterocycles. The summed E-state index contributed by atoms with van der Waals surface area (Å²) >= 11 is 3.48. The lowest BCUT2D eigenvalue weighted by atomic mass is 10.0. The number of carbonyl (C=O) groups excluding carboxylic acids is 2. The van der Waals surface area contributed by atoms with E-state index in [1.807, 2.05) is 4.90 Å². The van der Waals surface area contributed by atoms with Crippen molar-refractivity contribution in [2.75, 3.05) is 13.1 Å². The van der Waals surface area contributed by atoms with Crippen molar-refractivity contribution < 1.29 is 9.59 Å². The molecule has 21 heavy (non-hydrogen) atoms. The van der Waals surface area contributed by atoms with Gasteiger partial charge < -0.3 is 10.2 Å². The SMILES string of the molecule is CC(=O)N1CCC(NC(=O)c2n[nH]c(C3CC3)c2Br)CC1. The lowest BCUT2D eigenvalue weighted by Crippen LogP contribution is -2.46. The molecule has 3 rings (SSSR count). The van der Waals surface area contributed by atoms with Crippen LogP contribution in [0.25, 0.3) is 0 Å². The summed E-state index contributed by atoms with van der Waals surface area (Å²) in [4.78, 5) is 25.4. The number of nitrogens with zero attached hydrogens (tertiary/aromatic N) is 2. The Morgan fingerprint density at radius 1 is 1.29 bits per heavy atom. The Morgan fingerprint density at radius 2 is 1.95 bits per heavy atom. The molecule has 2 heterocycles. The van der Waals surface area contributed by atoms with Crippen LogP contribution >= 0.6 is 15.9 Å². The number of hydrogen-bond acceptors (Lipinski definition) is 3. The van der Waals surface area contributed by atoms with E-state index in [0.717, 1.165) is 35.8 Å². The first-order chi connectivity index (χ1) is 10.1. The van der Waals surface area contributed by atoms with E-state index in [2.05, 4.69) is 31.4 Å². The topological polar surface area (TPSA) is 78.1 Å². The van der Waals surface area contributed by atoms with Crippen molar-refractivity contribution in [1.82, 2.24) is 20.4 Å². The van der Waals surface area contributed by atoms with Crippen LogP contribution in [0.5, 0.6) is 0 Å². The highest BCUT2D eigenvalue weighted by Crippen LogP contribution is 2.42. The van der Waals surface area contributed by atoms with Gasteiger partial charge in [0.25, 0.3) is 5.91 Å².